The van der Waals surface area contributed by atoms with E-state index in [-0.39, 0.29) is 0 Å². The Bertz CT molecular complexity index is 44.1. The van der Waals surface area contributed by atoms with Gasteiger partial charge in [-0.15, -0.1) is 0 Å². The van der Waals surface area contributed by atoms with Crippen LogP contribution in [0.15, 0.2) is 11.6 Å². The molecule has 0 spiro atoms. The molecule has 0 aromatic heterocycles. The molecule has 0 amide bonds. The summed E-state index contributed by atoms with van der Waals surface area (Å²) < 4.78 is 0. The maximum atomic E-state index is 5.30. The molecule has 0 rings (SSSR count). The summed E-state index contributed by atoms with van der Waals surface area (Å²) in [5.74, 6) is 0. The molecule has 0 bridgehead atoms. The summed E-state index contributed by atoms with van der Waals surface area (Å²) in [6.45, 7) is 0. The van der Waals surface area contributed by atoms with E-state index in [1.54, 1.807) is 0 Å². The summed E-state index contributed by atoms with van der Waals surface area (Å²) in [7, 11) is 0.466. The fraction of sp³-hybridized carbons (Fsp3) is 0.333. The molecule has 0 aromatic rings. The van der Waals surface area contributed by atoms with Crippen LogP contribution in [0.25, 0.3) is 0 Å². The van der Waals surface area contributed by atoms with Crippen molar-refractivity contribution in [2.75, 3.05) is 0 Å². The molecule has 6 heavy (non-hydrogen) atoms. The maximum absolute atomic E-state index is 5.30. The van der Waals surface area contributed by atoms with Crippen molar-refractivity contribution in [1.29, 1.82) is 0 Å². The highest BCUT2D eigenvalue weighted by Gasteiger charge is 1.71. The summed E-state index contributed by atoms with van der Waals surface area (Å²) >= 11 is 10.4. The van der Waals surface area contributed by atoms with Gasteiger partial charge in [-0.25, -0.2) is 0 Å². The van der Waals surface area contributed by atoms with Crippen LogP contribution in [0, 0.1) is 0 Å². The van der Waals surface area contributed by atoms with Crippen molar-refractivity contribution >= 4 is 31.5 Å². The Balaban J connectivity index is 2.66. The molecule has 0 nitrogen and oxygen atoms in total. The number of rotatable bonds is 2. The Hall–Kier alpha value is 0.537. The van der Waals surface area contributed by atoms with Gasteiger partial charge in [0.25, 0.3) is 0 Å². The summed E-state index contributed by atoms with van der Waals surface area (Å²) in [4.78, 5) is 0. The van der Waals surface area contributed by atoms with Gasteiger partial charge < -0.3 is 0 Å². The van der Waals surface area contributed by atoms with Crippen molar-refractivity contribution in [3.8, 4) is 0 Å². The molecular formula is C3H4Cl2Si. The number of hydrogen-bond donors (Lipinski definition) is 0. The Morgan fingerprint density at radius 3 is 2.50 bits per heavy atom. The highest BCUT2D eigenvalue weighted by Crippen LogP contribution is 1.86. The lowest BCUT2D eigenvalue weighted by atomic mass is 10.8. The molecule has 0 aliphatic carbocycles. The second-order valence-corrected chi connectivity index (χ2v) is 2.43. The summed E-state index contributed by atoms with van der Waals surface area (Å²) in [6, 6.07) is 0.894. The number of allylic oxidation sites excluding steroid dienone is 1. The Morgan fingerprint density at radius 1 is 1.67 bits per heavy atom. The first-order chi connectivity index (χ1) is 2.91. The van der Waals surface area contributed by atoms with E-state index >= 15 is 0 Å². The number of hydrogen-bond acceptors (Lipinski definition) is 0. The van der Waals surface area contributed by atoms with Crippen LogP contribution in [0.4, 0.5) is 0 Å². The second kappa shape index (κ2) is 5.54. The van der Waals surface area contributed by atoms with Crippen LogP contribution in [-0.4, -0.2) is 8.83 Å². The topological polar surface area (TPSA) is 0 Å². The van der Waals surface area contributed by atoms with Gasteiger partial charge in [0.15, 0.2) is 8.83 Å². The van der Waals surface area contributed by atoms with Crippen molar-refractivity contribution in [2.45, 2.75) is 6.04 Å². The van der Waals surface area contributed by atoms with Gasteiger partial charge >= 0.3 is 0 Å². The van der Waals surface area contributed by atoms with Crippen LogP contribution in [0.1, 0.15) is 0 Å². The highest BCUT2D eigenvalue weighted by atomic mass is 35.6. The van der Waals surface area contributed by atoms with E-state index < -0.39 is 0 Å². The fourth-order valence-corrected chi connectivity index (χ4v) is 0.802. The second-order valence-electron chi connectivity index (χ2n) is 0.699. The van der Waals surface area contributed by atoms with Crippen LogP contribution < -0.4 is 0 Å². The van der Waals surface area contributed by atoms with Crippen molar-refractivity contribution < 1.29 is 0 Å². The zero-order valence-corrected chi connectivity index (χ0v) is 5.63. The average molecular weight is 139 g/mol. The maximum Gasteiger partial charge on any atom is 0.175 e. The molecule has 0 N–H and O–H groups in total. The molecule has 0 aromatic carbocycles. The minimum atomic E-state index is 0.466. The van der Waals surface area contributed by atoms with E-state index in [4.69, 9.17) is 22.7 Å². The SMILES string of the molecule is ClC=CC[Si]Cl. The fourth-order valence-electron chi connectivity index (χ4n) is 0.0891. The van der Waals surface area contributed by atoms with Gasteiger partial charge in [-0.1, -0.05) is 17.7 Å². The van der Waals surface area contributed by atoms with Gasteiger partial charge in [0, 0.05) is 0 Å². The van der Waals surface area contributed by atoms with Gasteiger partial charge in [0.05, 0.1) is 0 Å². The third-order valence-electron chi connectivity index (χ3n) is 0.284. The monoisotopic (exact) mass is 138 g/mol. The first kappa shape index (κ1) is 6.54. The molecule has 2 radical (unpaired) electrons. The first-order valence-corrected chi connectivity index (χ1v) is 4.16. The first-order valence-electron chi connectivity index (χ1n) is 1.50. The van der Waals surface area contributed by atoms with Crippen molar-refractivity contribution in [2.24, 2.45) is 0 Å². The molecule has 0 saturated carbocycles. The molecule has 3 heteroatoms. The van der Waals surface area contributed by atoms with Crippen LogP contribution >= 0.6 is 22.7 Å². The van der Waals surface area contributed by atoms with Gasteiger partial charge in [-0.2, -0.15) is 11.1 Å². The van der Waals surface area contributed by atoms with E-state index in [2.05, 4.69) is 0 Å². The molecule has 0 heterocycles. The number of halogens is 2. The largest absolute Gasteiger partial charge is 0.175 e. The zero-order chi connectivity index (χ0) is 4.83. The predicted octanol–water partition coefficient (Wildman–Crippen LogP) is 2.02. The molecular weight excluding hydrogens is 135 g/mol. The summed E-state index contributed by atoms with van der Waals surface area (Å²) in [6.07, 6.45) is 1.83. The molecule has 0 saturated heterocycles. The lowest BCUT2D eigenvalue weighted by Crippen LogP contribution is -1.65. The standard InChI is InChI=1S/C3H4Cl2Si/c4-2-1-3-6-5/h1-2H,3H2. The Kier molecular flexibility index (Phi) is 6.03. The van der Waals surface area contributed by atoms with Crippen molar-refractivity contribution in [1.82, 2.24) is 0 Å². The molecule has 34 valence electrons. The minimum absolute atomic E-state index is 0.466. The molecule has 0 fully saturated rings. The predicted molar refractivity (Wildman–Crippen MR) is 31.4 cm³/mol. The zero-order valence-electron chi connectivity index (χ0n) is 3.12. The van der Waals surface area contributed by atoms with Gasteiger partial charge in [0.2, 0.25) is 0 Å². The van der Waals surface area contributed by atoms with E-state index in [0.717, 1.165) is 6.04 Å². The Labute approximate surface area is 49.7 Å². The molecule has 0 aliphatic rings. The minimum Gasteiger partial charge on any atom is -0.171 e. The van der Waals surface area contributed by atoms with Gasteiger partial charge in [-0.05, 0) is 11.6 Å². The van der Waals surface area contributed by atoms with Crippen LogP contribution in [0.2, 0.25) is 6.04 Å². The smallest absolute Gasteiger partial charge is 0.171 e. The van der Waals surface area contributed by atoms with Crippen LogP contribution in [0.3, 0.4) is 0 Å². The lowest BCUT2D eigenvalue weighted by Gasteiger charge is -1.70. The third kappa shape index (κ3) is 4.54. The van der Waals surface area contributed by atoms with E-state index in [1.807, 2.05) is 6.08 Å². The van der Waals surface area contributed by atoms with Crippen LogP contribution in [0.5, 0.6) is 0 Å². The Morgan fingerprint density at radius 2 is 2.33 bits per heavy atom. The van der Waals surface area contributed by atoms with Gasteiger partial charge in [-0.3, -0.25) is 0 Å². The third-order valence-corrected chi connectivity index (χ3v) is 1.32. The molecule has 0 unspecified atom stereocenters. The molecule has 0 aliphatic heterocycles. The van der Waals surface area contributed by atoms with Crippen LogP contribution in [-0.2, 0) is 0 Å². The quantitative estimate of drug-likeness (QED) is 0.405. The van der Waals surface area contributed by atoms with Crippen molar-refractivity contribution in [3.63, 3.8) is 0 Å². The van der Waals surface area contributed by atoms with E-state index in [0.29, 0.717) is 8.83 Å². The summed E-state index contributed by atoms with van der Waals surface area (Å²) in [5, 5.41) is 0. The lowest BCUT2D eigenvalue weighted by molar-refractivity contribution is 1.74. The van der Waals surface area contributed by atoms with Crippen molar-refractivity contribution in [3.05, 3.63) is 11.6 Å². The summed E-state index contributed by atoms with van der Waals surface area (Å²) in [5.41, 5.74) is 1.48. The van der Waals surface area contributed by atoms with E-state index in [9.17, 15) is 0 Å². The van der Waals surface area contributed by atoms with Gasteiger partial charge in [0.1, 0.15) is 0 Å². The van der Waals surface area contributed by atoms with E-state index in [1.165, 1.54) is 5.54 Å². The average Bonchev–Trinajstić information content (AvgIpc) is 1.61. The highest BCUT2D eigenvalue weighted by molar-refractivity contribution is 6.93. The normalized spacial score (nSPS) is 10.3. The molecule has 0 atom stereocenters.